The first-order chi connectivity index (χ1) is 17.7. The minimum absolute atomic E-state index is 0.000297. The number of hydrogen-bond donors (Lipinski definition) is 1. The molecule has 7 nitrogen and oxygen atoms in total. The van der Waals surface area contributed by atoms with E-state index >= 15 is 0 Å². The van der Waals surface area contributed by atoms with Crippen molar-refractivity contribution in [2.45, 2.75) is 71.1 Å². The summed E-state index contributed by atoms with van der Waals surface area (Å²) in [6.45, 7) is 4.17. The van der Waals surface area contributed by atoms with Gasteiger partial charge in [0, 0.05) is 43.4 Å². The van der Waals surface area contributed by atoms with Gasteiger partial charge in [-0.05, 0) is 92.4 Å². The van der Waals surface area contributed by atoms with Gasteiger partial charge in [0.15, 0.2) is 5.13 Å². The molecule has 5 rings (SSSR count). The van der Waals surface area contributed by atoms with Gasteiger partial charge in [-0.1, -0.05) is 13.0 Å². The molecule has 2 aromatic rings. The van der Waals surface area contributed by atoms with E-state index in [-0.39, 0.29) is 17.4 Å². The van der Waals surface area contributed by atoms with Gasteiger partial charge in [-0.3, -0.25) is 9.59 Å². The second-order valence-electron chi connectivity index (χ2n) is 11.5. The molecule has 0 aliphatic heterocycles. The van der Waals surface area contributed by atoms with Gasteiger partial charge < -0.3 is 15.0 Å². The summed E-state index contributed by atoms with van der Waals surface area (Å²) < 4.78 is 5.50. The van der Waals surface area contributed by atoms with Crippen LogP contribution < -0.4 is 10.1 Å². The largest absolute Gasteiger partial charge is 0.414 e. The lowest BCUT2D eigenvalue weighted by molar-refractivity contribution is -0.129. The Labute approximate surface area is 223 Å². The Kier molecular flexibility index (Phi) is 7.14. The molecule has 0 spiro atoms. The Bertz CT molecular complexity index is 1210. The number of fused-ring (bicyclic) bond motifs is 5. The fourth-order valence-electron chi connectivity index (χ4n) is 7.26. The lowest BCUT2D eigenvalue weighted by Crippen LogP contribution is -2.44. The van der Waals surface area contributed by atoms with E-state index in [4.69, 9.17) is 4.74 Å². The highest BCUT2D eigenvalue weighted by molar-refractivity contribution is 7.15. The highest BCUT2D eigenvalue weighted by atomic mass is 32.1. The van der Waals surface area contributed by atoms with Crippen LogP contribution in [0, 0.1) is 30.1 Å². The molecular formula is C29H37N3O4S. The number of anilines is 1. The lowest BCUT2D eigenvalue weighted by Gasteiger charge is -2.50. The fraction of sp³-hybridized carbons (Fsp3) is 0.586. The molecule has 3 aliphatic rings. The Morgan fingerprint density at radius 3 is 2.81 bits per heavy atom. The molecular weight excluding hydrogens is 486 g/mol. The maximum atomic E-state index is 13.3. The number of hydrogen-bond acceptors (Lipinski definition) is 6. The van der Waals surface area contributed by atoms with E-state index in [1.165, 1.54) is 27.4 Å². The molecule has 1 aromatic carbocycles. The van der Waals surface area contributed by atoms with Crippen LogP contribution in [0.25, 0.3) is 0 Å². The zero-order valence-corrected chi connectivity index (χ0v) is 23.0. The second kappa shape index (κ2) is 10.2. The number of rotatable bonds is 6. The average molecular weight is 524 g/mol. The third kappa shape index (κ3) is 5.05. The molecule has 37 heavy (non-hydrogen) atoms. The van der Waals surface area contributed by atoms with Gasteiger partial charge in [0.05, 0.1) is 0 Å². The minimum atomic E-state index is -0.371. The SMILES string of the molecule is Cc1cnc(NC(=O)CCC[C@@H]2CC(=O)[C@@]3(C)CCC4c5ccc(OC(=O)N(C)C)cc5CCC4C23)s1. The van der Waals surface area contributed by atoms with E-state index in [2.05, 4.69) is 23.3 Å². The summed E-state index contributed by atoms with van der Waals surface area (Å²) in [7, 11) is 3.36. The topological polar surface area (TPSA) is 88.6 Å². The molecule has 0 saturated heterocycles. The zero-order chi connectivity index (χ0) is 26.3. The first-order valence-corrected chi connectivity index (χ1v) is 14.2. The summed E-state index contributed by atoms with van der Waals surface area (Å²) in [5.41, 5.74) is 2.38. The number of nitrogens with one attached hydrogen (secondary N) is 1. The number of aryl methyl sites for hydroxylation is 2. The standard InChI is InChI=1S/C29H37N3O4S/c1-17-16-30-27(37-17)31-25(34)7-5-6-19-15-24(33)29(2)13-12-22-21-11-9-20(36-28(35)32(3)4)14-18(21)8-10-23(22)26(19)29/h9,11,14,16,19,22-23,26H,5-8,10,12-13,15H2,1-4H3,(H,30,31,34)/t19-,22?,23?,26?,29-/m1/s1. The molecule has 2 saturated carbocycles. The number of benzene rings is 1. The third-order valence-corrected chi connectivity index (χ3v) is 9.79. The molecule has 3 unspecified atom stereocenters. The number of ketones is 1. The Morgan fingerprint density at radius 1 is 1.27 bits per heavy atom. The smallest absolute Gasteiger partial charge is 0.410 e. The number of ether oxygens (including phenoxy) is 1. The number of carbonyl (C=O) groups is 3. The number of thiazole rings is 1. The van der Waals surface area contributed by atoms with Crippen molar-refractivity contribution >= 4 is 34.3 Å². The van der Waals surface area contributed by atoms with Crippen LogP contribution in [-0.4, -0.2) is 41.8 Å². The molecule has 1 aromatic heterocycles. The number of nitrogens with zero attached hydrogens (tertiary/aromatic N) is 2. The Hall–Kier alpha value is -2.74. The molecule has 1 N–H and O–H groups in total. The van der Waals surface area contributed by atoms with Gasteiger partial charge in [0.1, 0.15) is 11.5 Å². The van der Waals surface area contributed by atoms with Crippen molar-refractivity contribution in [3.63, 3.8) is 0 Å². The maximum absolute atomic E-state index is 13.3. The normalized spacial score (nSPS) is 28.2. The Balaban J connectivity index is 1.27. The molecule has 8 heteroatoms. The minimum Gasteiger partial charge on any atom is -0.410 e. The lowest BCUT2D eigenvalue weighted by atomic mass is 9.54. The molecule has 0 bridgehead atoms. The van der Waals surface area contributed by atoms with E-state index in [9.17, 15) is 14.4 Å². The van der Waals surface area contributed by atoms with Crippen LogP contribution >= 0.6 is 11.3 Å². The van der Waals surface area contributed by atoms with E-state index in [1.54, 1.807) is 20.3 Å². The maximum Gasteiger partial charge on any atom is 0.414 e. The van der Waals surface area contributed by atoms with Gasteiger partial charge in [0.25, 0.3) is 0 Å². The van der Waals surface area contributed by atoms with Crippen LogP contribution in [0.5, 0.6) is 5.75 Å². The van der Waals surface area contributed by atoms with Gasteiger partial charge in [-0.15, -0.1) is 11.3 Å². The molecule has 198 valence electrons. The van der Waals surface area contributed by atoms with Crippen molar-refractivity contribution < 1.29 is 19.1 Å². The highest BCUT2D eigenvalue weighted by Gasteiger charge is 2.58. The number of amides is 2. The predicted molar refractivity (Wildman–Crippen MR) is 144 cm³/mol. The average Bonchev–Trinajstić information content (AvgIpc) is 3.37. The summed E-state index contributed by atoms with van der Waals surface area (Å²) in [4.78, 5) is 44.4. The monoisotopic (exact) mass is 523 g/mol. The summed E-state index contributed by atoms with van der Waals surface area (Å²) in [6.07, 6.45) is 8.13. The first kappa shape index (κ1) is 25.9. The summed E-state index contributed by atoms with van der Waals surface area (Å²) >= 11 is 1.49. The summed E-state index contributed by atoms with van der Waals surface area (Å²) in [5.74, 6) is 2.62. The van der Waals surface area contributed by atoms with Gasteiger partial charge in [-0.2, -0.15) is 0 Å². The third-order valence-electron chi connectivity index (χ3n) is 8.96. The van der Waals surface area contributed by atoms with Gasteiger partial charge >= 0.3 is 6.09 Å². The first-order valence-electron chi connectivity index (χ1n) is 13.4. The van der Waals surface area contributed by atoms with E-state index in [0.29, 0.717) is 53.2 Å². The van der Waals surface area contributed by atoms with E-state index < -0.39 is 0 Å². The fourth-order valence-corrected chi connectivity index (χ4v) is 7.94. The van der Waals surface area contributed by atoms with Crippen molar-refractivity contribution in [1.82, 2.24) is 9.88 Å². The van der Waals surface area contributed by atoms with E-state index in [1.807, 2.05) is 19.1 Å². The van der Waals surface area contributed by atoms with Crippen molar-refractivity contribution in [2.75, 3.05) is 19.4 Å². The van der Waals surface area contributed by atoms with Gasteiger partial charge in [0.2, 0.25) is 5.91 Å². The second-order valence-corrected chi connectivity index (χ2v) is 12.8. The Morgan fingerprint density at radius 2 is 2.08 bits per heavy atom. The molecule has 3 aliphatic carbocycles. The molecule has 2 fully saturated rings. The highest BCUT2D eigenvalue weighted by Crippen LogP contribution is 2.62. The van der Waals surface area contributed by atoms with Crippen molar-refractivity contribution in [3.05, 3.63) is 40.4 Å². The van der Waals surface area contributed by atoms with Crippen molar-refractivity contribution in [2.24, 2.45) is 23.2 Å². The van der Waals surface area contributed by atoms with Crippen LogP contribution in [0.4, 0.5) is 9.93 Å². The van der Waals surface area contributed by atoms with Crippen molar-refractivity contribution in [1.29, 1.82) is 0 Å². The molecule has 5 atom stereocenters. The van der Waals surface area contributed by atoms with Crippen molar-refractivity contribution in [3.8, 4) is 5.75 Å². The molecule has 1 heterocycles. The predicted octanol–water partition coefficient (Wildman–Crippen LogP) is 5.97. The quantitative estimate of drug-likeness (QED) is 0.504. The van der Waals surface area contributed by atoms with E-state index in [0.717, 1.165) is 43.4 Å². The van der Waals surface area contributed by atoms with Crippen LogP contribution in [-0.2, 0) is 16.0 Å². The van der Waals surface area contributed by atoms with Crippen LogP contribution in [0.2, 0.25) is 0 Å². The van der Waals surface area contributed by atoms with Gasteiger partial charge in [-0.25, -0.2) is 9.78 Å². The van der Waals surface area contributed by atoms with Crippen LogP contribution in [0.15, 0.2) is 24.4 Å². The summed E-state index contributed by atoms with van der Waals surface area (Å²) in [6, 6.07) is 6.08. The van der Waals surface area contributed by atoms with Crippen LogP contribution in [0.1, 0.15) is 73.8 Å². The number of carbonyl (C=O) groups excluding carboxylic acids is 3. The number of Topliss-reactive ketones (excluding diaryl/α,β-unsaturated/α-hetero) is 1. The summed E-state index contributed by atoms with van der Waals surface area (Å²) in [5, 5.41) is 3.56. The molecule has 2 amide bonds. The van der Waals surface area contributed by atoms with Crippen LogP contribution in [0.3, 0.4) is 0 Å². The zero-order valence-electron chi connectivity index (χ0n) is 22.2. The molecule has 0 radical (unpaired) electrons. The number of aromatic nitrogens is 1.